The van der Waals surface area contributed by atoms with E-state index in [1.807, 2.05) is 0 Å². The van der Waals surface area contributed by atoms with Crippen molar-refractivity contribution in [1.29, 1.82) is 0 Å². The number of methoxy groups -OCH3 is 1. The molecule has 0 aliphatic heterocycles. The highest BCUT2D eigenvalue weighted by atomic mass is 16.6. The van der Waals surface area contributed by atoms with Gasteiger partial charge in [0.05, 0.1) is 18.6 Å². The Balaban J connectivity index is 2.00. The van der Waals surface area contributed by atoms with Gasteiger partial charge in [-0.15, -0.1) is 5.10 Å². The number of aromatic carboxylic acids is 1. The number of benzene rings is 2. The second-order valence-electron chi connectivity index (χ2n) is 5.70. The van der Waals surface area contributed by atoms with E-state index in [-0.39, 0.29) is 12.1 Å². The predicted octanol–water partition coefficient (Wildman–Crippen LogP) is 2.17. The van der Waals surface area contributed by atoms with Crippen molar-refractivity contribution in [3.63, 3.8) is 0 Å². The second kappa shape index (κ2) is 7.66. The van der Waals surface area contributed by atoms with E-state index in [4.69, 9.17) is 4.74 Å². The highest BCUT2D eigenvalue weighted by Crippen LogP contribution is 2.22. The van der Waals surface area contributed by atoms with Crippen LogP contribution in [0.15, 0.2) is 48.5 Å². The number of carboxylic acids is 1. The van der Waals surface area contributed by atoms with E-state index in [2.05, 4.69) is 10.3 Å². The lowest BCUT2D eigenvalue weighted by molar-refractivity contribution is -0.385. The molecule has 0 saturated carbocycles. The first-order valence-electron chi connectivity index (χ1n) is 8.00. The van der Waals surface area contributed by atoms with E-state index in [1.165, 1.54) is 25.3 Å². The predicted molar refractivity (Wildman–Crippen MR) is 95.6 cm³/mol. The van der Waals surface area contributed by atoms with Gasteiger partial charge in [-0.25, -0.2) is 9.48 Å². The number of hydrogen-bond donors (Lipinski definition) is 1. The van der Waals surface area contributed by atoms with E-state index in [0.29, 0.717) is 11.3 Å². The molecule has 0 amide bonds. The third kappa shape index (κ3) is 3.56. The third-order valence-electron chi connectivity index (χ3n) is 3.99. The van der Waals surface area contributed by atoms with Crippen LogP contribution in [-0.2, 0) is 6.54 Å². The molecule has 0 spiro atoms. The highest BCUT2D eigenvalue weighted by molar-refractivity contribution is 6.14. The SMILES string of the molecule is COc1ccc(Cn2nnc(C(=O)c3ccccc3[N+](=O)[O-])c2C(=O)O)cc1. The lowest BCUT2D eigenvalue weighted by Gasteiger charge is -2.06. The molecule has 0 bridgehead atoms. The van der Waals surface area contributed by atoms with Crippen LogP contribution in [0.25, 0.3) is 0 Å². The molecule has 0 unspecified atom stereocenters. The lowest BCUT2D eigenvalue weighted by Crippen LogP contribution is -2.16. The van der Waals surface area contributed by atoms with Gasteiger partial charge in [0.1, 0.15) is 11.3 Å². The minimum atomic E-state index is -1.42. The molecule has 0 fully saturated rings. The number of hydrogen-bond acceptors (Lipinski definition) is 7. The number of ether oxygens (including phenoxy) is 1. The van der Waals surface area contributed by atoms with Crippen molar-refractivity contribution in [1.82, 2.24) is 15.0 Å². The molecule has 3 rings (SSSR count). The molecule has 0 radical (unpaired) electrons. The van der Waals surface area contributed by atoms with Gasteiger partial charge in [-0.3, -0.25) is 14.9 Å². The fourth-order valence-corrected chi connectivity index (χ4v) is 2.64. The van der Waals surface area contributed by atoms with E-state index < -0.39 is 33.8 Å². The summed E-state index contributed by atoms with van der Waals surface area (Å²) < 4.78 is 6.13. The maximum atomic E-state index is 12.7. The monoisotopic (exact) mass is 382 g/mol. The molecule has 10 heteroatoms. The molecular weight excluding hydrogens is 368 g/mol. The summed E-state index contributed by atoms with van der Waals surface area (Å²) >= 11 is 0. The number of nitro groups is 1. The number of carboxylic acid groups (broad SMARTS) is 1. The Labute approximate surface area is 158 Å². The van der Waals surface area contributed by atoms with Gasteiger partial charge in [-0.2, -0.15) is 0 Å². The van der Waals surface area contributed by atoms with Crippen molar-refractivity contribution in [3.05, 3.63) is 81.2 Å². The maximum Gasteiger partial charge on any atom is 0.356 e. The summed E-state index contributed by atoms with van der Waals surface area (Å²) in [7, 11) is 1.52. The van der Waals surface area contributed by atoms with Crippen LogP contribution in [0.3, 0.4) is 0 Å². The van der Waals surface area contributed by atoms with Crippen molar-refractivity contribution >= 4 is 17.4 Å². The molecule has 2 aromatic carbocycles. The molecule has 3 aromatic rings. The Kier molecular flexibility index (Phi) is 5.12. The minimum Gasteiger partial charge on any atom is -0.497 e. The first-order chi connectivity index (χ1) is 13.4. The van der Waals surface area contributed by atoms with Crippen LogP contribution >= 0.6 is 0 Å². The summed E-state index contributed by atoms with van der Waals surface area (Å²) in [6, 6.07) is 12.1. The Morgan fingerprint density at radius 1 is 1.18 bits per heavy atom. The molecule has 0 aliphatic rings. The van der Waals surface area contributed by atoms with Gasteiger partial charge in [-0.1, -0.05) is 29.5 Å². The Morgan fingerprint density at radius 3 is 2.46 bits per heavy atom. The maximum absolute atomic E-state index is 12.7. The topological polar surface area (TPSA) is 137 Å². The van der Waals surface area contributed by atoms with Crippen LogP contribution in [0.2, 0.25) is 0 Å². The largest absolute Gasteiger partial charge is 0.497 e. The highest BCUT2D eigenvalue weighted by Gasteiger charge is 2.30. The summed E-state index contributed by atoms with van der Waals surface area (Å²) in [6.07, 6.45) is 0. The van der Waals surface area contributed by atoms with Crippen LogP contribution in [0.5, 0.6) is 5.75 Å². The molecule has 28 heavy (non-hydrogen) atoms. The van der Waals surface area contributed by atoms with Crippen LogP contribution in [0.1, 0.15) is 32.1 Å². The van der Waals surface area contributed by atoms with Crippen molar-refractivity contribution < 1.29 is 24.4 Å². The number of nitrogens with zero attached hydrogens (tertiary/aromatic N) is 4. The quantitative estimate of drug-likeness (QED) is 0.373. The van der Waals surface area contributed by atoms with Crippen LogP contribution in [-0.4, -0.2) is 43.9 Å². The van der Waals surface area contributed by atoms with E-state index in [0.717, 1.165) is 10.7 Å². The number of para-hydroxylation sites is 1. The molecular formula is C18H14N4O6. The fraction of sp³-hybridized carbons (Fsp3) is 0.111. The zero-order chi connectivity index (χ0) is 20.3. The van der Waals surface area contributed by atoms with Gasteiger partial charge in [0.25, 0.3) is 5.69 Å². The van der Waals surface area contributed by atoms with E-state index in [1.54, 1.807) is 24.3 Å². The van der Waals surface area contributed by atoms with Gasteiger partial charge in [0.15, 0.2) is 11.4 Å². The number of rotatable bonds is 7. The first kappa shape index (κ1) is 18.7. The molecule has 1 N–H and O–H groups in total. The molecule has 0 saturated heterocycles. The Bertz CT molecular complexity index is 1060. The van der Waals surface area contributed by atoms with Gasteiger partial charge in [-0.05, 0) is 23.8 Å². The summed E-state index contributed by atoms with van der Waals surface area (Å²) in [5.74, 6) is -1.67. The fourth-order valence-electron chi connectivity index (χ4n) is 2.64. The van der Waals surface area contributed by atoms with Crippen molar-refractivity contribution in [3.8, 4) is 5.75 Å². The number of carbonyl (C=O) groups is 2. The van der Waals surface area contributed by atoms with E-state index >= 15 is 0 Å². The molecule has 10 nitrogen and oxygen atoms in total. The summed E-state index contributed by atoms with van der Waals surface area (Å²) in [5, 5.41) is 28.2. The van der Waals surface area contributed by atoms with Crippen molar-refractivity contribution in [2.24, 2.45) is 0 Å². The summed E-state index contributed by atoms with van der Waals surface area (Å²) in [4.78, 5) is 34.9. The number of aromatic nitrogens is 3. The van der Waals surface area contributed by atoms with Crippen molar-refractivity contribution in [2.75, 3.05) is 7.11 Å². The number of nitro benzene ring substituents is 1. The Morgan fingerprint density at radius 2 is 1.86 bits per heavy atom. The second-order valence-corrected chi connectivity index (χ2v) is 5.70. The molecule has 0 aliphatic carbocycles. The zero-order valence-corrected chi connectivity index (χ0v) is 14.6. The van der Waals surface area contributed by atoms with Crippen molar-refractivity contribution in [2.45, 2.75) is 6.54 Å². The van der Waals surface area contributed by atoms with Gasteiger partial charge in [0, 0.05) is 6.07 Å². The zero-order valence-electron chi connectivity index (χ0n) is 14.6. The third-order valence-corrected chi connectivity index (χ3v) is 3.99. The number of ketones is 1. The smallest absolute Gasteiger partial charge is 0.356 e. The summed E-state index contributed by atoms with van der Waals surface area (Å²) in [5.41, 5.74) is -0.896. The Hall–Kier alpha value is -4.08. The van der Waals surface area contributed by atoms with Crippen LogP contribution in [0, 0.1) is 10.1 Å². The molecule has 1 aromatic heterocycles. The van der Waals surface area contributed by atoms with Gasteiger partial charge >= 0.3 is 5.97 Å². The summed E-state index contributed by atoms with van der Waals surface area (Å²) in [6.45, 7) is 0.0444. The van der Waals surface area contributed by atoms with Crippen LogP contribution in [0.4, 0.5) is 5.69 Å². The minimum absolute atomic E-state index is 0.0444. The average molecular weight is 382 g/mol. The van der Waals surface area contributed by atoms with Gasteiger partial charge in [0.2, 0.25) is 5.78 Å². The van der Waals surface area contributed by atoms with Crippen LogP contribution < -0.4 is 4.74 Å². The lowest BCUT2D eigenvalue weighted by atomic mass is 10.0. The normalized spacial score (nSPS) is 10.5. The molecule has 0 atom stereocenters. The van der Waals surface area contributed by atoms with E-state index in [9.17, 15) is 24.8 Å². The van der Waals surface area contributed by atoms with Gasteiger partial charge < -0.3 is 9.84 Å². The molecule has 142 valence electrons. The number of carbonyl (C=O) groups excluding carboxylic acids is 1. The average Bonchev–Trinajstić information content (AvgIpc) is 3.11. The standard InChI is InChI=1S/C18H14N4O6/c1-28-12-8-6-11(7-9-12)10-21-16(18(24)25)15(19-20-21)17(23)13-4-2-3-5-14(13)22(26)27/h2-9H,10H2,1H3,(H,24,25). The first-order valence-corrected chi connectivity index (χ1v) is 8.00. The molecule has 1 heterocycles.